The summed E-state index contributed by atoms with van der Waals surface area (Å²) >= 11 is 1.83. The lowest BCUT2D eigenvalue weighted by molar-refractivity contribution is 0.0828. The molecule has 2 aromatic heterocycles. The molecule has 0 bridgehead atoms. The zero-order chi connectivity index (χ0) is 22.6. The Kier molecular flexibility index (Phi) is 8.69. The summed E-state index contributed by atoms with van der Waals surface area (Å²) in [5.41, 5.74) is 5.00. The van der Waals surface area contributed by atoms with Gasteiger partial charge in [-0.05, 0) is 62.8 Å². The molecular formula is C25H34ClN5O2S. The van der Waals surface area contributed by atoms with Gasteiger partial charge >= 0.3 is 0 Å². The van der Waals surface area contributed by atoms with Crippen molar-refractivity contribution in [1.82, 2.24) is 24.8 Å². The number of halogens is 1. The molecule has 0 unspecified atom stereocenters. The summed E-state index contributed by atoms with van der Waals surface area (Å²) in [6, 6.07) is 8.76. The first-order valence-electron chi connectivity index (χ1n) is 12.0. The van der Waals surface area contributed by atoms with Crippen LogP contribution in [0.2, 0.25) is 0 Å². The van der Waals surface area contributed by atoms with E-state index in [0.29, 0.717) is 5.92 Å². The summed E-state index contributed by atoms with van der Waals surface area (Å²) in [7, 11) is 2.10. The van der Waals surface area contributed by atoms with E-state index in [-0.39, 0.29) is 12.4 Å². The number of aryl methyl sites for hydroxylation is 1. The highest BCUT2D eigenvalue weighted by Crippen LogP contribution is 2.28. The van der Waals surface area contributed by atoms with Crippen LogP contribution in [0.4, 0.5) is 0 Å². The normalized spacial score (nSPS) is 17.2. The predicted octanol–water partition coefficient (Wildman–Crippen LogP) is 4.68. The monoisotopic (exact) mass is 503 g/mol. The Bertz CT molecular complexity index is 1080. The van der Waals surface area contributed by atoms with Crippen LogP contribution in [0.15, 0.2) is 33.9 Å². The minimum absolute atomic E-state index is 0. The van der Waals surface area contributed by atoms with E-state index in [0.717, 1.165) is 98.7 Å². The highest BCUT2D eigenvalue weighted by Gasteiger charge is 2.22. The van der Waals surface area contributed by atoms with E-state index in [1.165, 1.54) is 11.1 Å². The lowest BCUT2D eigenvalue weighted by Gasteiger charge is -2.21. The Morgan fingerprint density at radius 3 is 2.62 bits per heavy atom. The first-order chi connectivity index (χ1) is 16.2. The standard InChI is InChI=1S/C25H33N5O2S.ClH/c1-18-16-23(28-32-18)22-5-4-19-6-11-30(12-7-21(19)17-22)10-3-15-33-25-27-26-24(29(25)2)20-8-13-31-14-9-20;/h4-5,16-17,20H,3,6-15H2,1-2H3;1H. The maximum atomic E-state index is 5.49. The maximum Gasteiger partial charge on any atom is 0.190 e. The van der Waals surface area contributed by atoms with Crippen LogP contribution < -0.4 is 0 Å². The van der Waals surface area contributed by atoms with Gasteiger partial charge in [0.25, 0.3) is 0 Å². The quantitative estimate of drug-likeness (QED) is 0.342. The molecule has 2 aliphatic heterocycles. The van der Waals surface area contributed by atoms with Crippen molar-refractivity contribution < 1.29 is 9.26 Å². The molecule has 3 aromatic rings. The second-order valence-electron chi connectivity index (χ2n) is 9.14. The third-order valence-corrected chi connectivity index (χ3v) is 7.94. The Balaban J connectivity index is 0.00000274. The van der Waals surface area contributed by atoms with E-state index in [4.69, 9.17) is 9.26 Å². The van der Waals surface area contributed by atoms with Gasteiger partial charge < -0.3 is 18.7 Å². The zero-order valence-corrected chi connectivity index (χ0v) is 21.7. The number of benzene rings is 1. The summed E-state index contributed by atoms with van der Waals surface area (Å²) in [6.45, 7) is 6.96. The second kappa shape index (κ2) is 11.7. The minimum atomic E-state index is 0. The van der Waals surface area contributed by atoms with Crippen molar-refractivity contribution in [2.45, 2.75) is 50.1 Å². The molecule has 5 rings (SSSR count). The van der Waals surface area contributed by atoms with Crippen molar-refractivity contribution in [2.75, 3.05) is 38.6 Å². The van der Waals surface area contributed by atoms with Gasteiger partial charge in [0.1, 0.15) is 17.3 Å². The SMILES string of the molecule is Cc1cc(-c2ccc3c(c2)CCN(CCCSc2nnc(C4CCOCC4)n2C)CC3)no1.Cl. The molecule has 184 valence electrons. The summed E-state index contributed by atoms with van der Waals surface area (Å²) in [5, 5.41) is 14.2. The van der Waals surface area contributed by atoms with Crippen molar-refractivity contribution in [3.63, 3.8) is 0 Å². The van der Waals surface area contributed by atoms with Gasteiger partial charge in [0.05, 0.1) is 0 Å². The number of hydrogen-bond donors (Lipinski definition) is 0. The number of aromatic nitrogens is 4. The summed E-state index contributed by atoms with van der Waals surface area (Å²) in [6.07, 6.45) is 5.45. The van der Waals surface area contributed by atoms with Gasteiger partial charge in [-0.3, -0.25) is 0 Å². The van der Waals surface area contributed by atoms with Crippen molar-refractivity contribution >= 4 is 24.2 Å². The molecule has 0 spiro atoms. The Hall–Kier alpha value is -1.87. The van der Waals surface area contributed by atoms with Gasteiger partial charge in [-0.25, -0.2) is 0 Å². The fraction of sp³-hybridized carbons (Fsp3) is 0.560. The highest BCUT2D eigenvalue weighted by molar-refractivity contribution is 7.99. The molecule has 1 saturated heterocycles. The van der Waals surface area contributed by atoms with E-state index in [1.54, 1.807) is 0 Å². The van der Waals surface area contributed by atoms with Crippen LogP contribution in [0.5, 0.6) is 0 Å². The molecule has 0 saturated carbocycles. The van der Waals surface area contributed by atoms with Crippen LogP contribution in [0.25, 0.3) is 11.3 Å². The van der Waals surface area contributed by atoms with E-state index in [9.17, 15) is 0 Å². The fourth-order valence-electron chi connectivity index (χ4n) is 4.87. The van der Waals surface area contributed by atoms with Crippen LogP contribution in [0.3, 0.4) is 0 Å². The average Bonchev–Trinajstić information content (AvgIpc) is 3.37. The lowest BCUT2D eigenvalue weighted by atomic mass is 9.99. The van der Waals surface area contributed by atoms with Gasteiger partial charge in [-0.2, -0.15) is 0 Å². The average molecular weight is 504 g/mol. The third kappa shape index (κ3) is 5.85. The molecule has 0 atom stereocenters. The molecule has 7 nitrogen and oxygen atoms in total. The topological polar surface area (TPSA) is 69.2 Å². The fourth-order valence-corrected chi connectivity index (χ4v) is 5.71. The number of nitrogens with zero attached hydrogens (tertiary/aromatic N) is 5. The van der Waals surface area contributed by atoms with Crippen LogP contribution in [0.1, 0.15) is 47.9 Å². The Morgan fingerprint density at radius 1 is 1.06 bits per heavy atom. The van der Waals surface area contributed by atoms with Gasteiger partial charge in [-0.15, -0.1) is 22.6 Å². The second-order valence-corrected chi connectivity index (χ2v) is 10.2. The molecule has 0 radical (unpaired) electrons. The van der Waals surface area contributed by atoms with Crippen LogP contribution in [0, 0.1) is 6.92 Å². The molecule has 34 heavy (non-hydrogen) atoms. The molecule has 0 amide bonds. The number of ether oxygens (including phenoxy) is 1. The molecule has 0 N–H and O–H groups in total. The van der Waals surface area contributed by atoms with Crippen molar-refractivity contribution in [2.24, 2.45) is 7.05 Å². The van der Waals surface area contributed by atoms with Crippen LogP contribution >= 0.6 is 24.2 Å². The summed E-state index contributed by atoms with van der Waals surface area (Å²) in [5.74, 6) is 3.52. The first kappa shape index (κ1) is 25.2. The molecular weight excluding hydrogens is 470 g/mol. The van der Waals surface area contributed by atoms with E-state index >= 15 is 0 Å². The molecule has 9 heteroatoms. The first-order valence-corrected chi connectivity index (χ1v) is 13.0. The minimum Gasteiger partial charge on any atom is -0.381 e. The number of hydrogen-bond acceptors (Lipinski definition) is 7. The number of thioether (sulfide) groups is 1. The zero-order valence-electron chi connectivity index (χ0n) is 20.0. The van der Waals surface area contributed by atoms with Gasteiger partial charge in [0.2, 0.25) is 0 Å². The van der Waals surface area contributed by atoms with Gasteiger partial charge in [0, 0.05) is 56.7 Å². The van der Waals surface area contributed by atoms with Crippen molar-refractivity contribution in [1.29, 1.82) is 0 Å². The molecule has 0 aliphatic carbocycles. The molecule has 1 fully saturated rings. The van der Waals surface area contributed by atoms with E-state index in [1.807, 2.05) is 24.8 Å². The number of fused-ring (bicyclic) bond motifs is 1. The Morgan fingerprint density at radius 2 is 1.85 bits per heavy atom. The maximum absolute atomic E-state index is 5.49. The lowest BCUT2D eigenvalue weighted by Crippen LogP contribution is -2.27. The van der Waals surface area contributed by atoms with Crippen molar-refractivity contribution in [3.8, 4) is 11.3 Å². The van der Waals surface area contributed by atoms with Crippen LogP contribution in [-0.4, -0.2) is 63.4 Å². The molecule has 2 aliphatic rings. The van der Waals surface area contributed by atoms with Gasteiger partial charge in [0.15, 0.2) is 5.16 Å². The van der Waals surface area contributed by atoms with Gasteiger partial charge in [-0.1, -0.05) is 29.1 Å². The largest absolute Gasteiger partial charge is 0.381 e. The highest BCUT2D eigenvalue weighted by atomic mass is 35.5. The smallest absolute Gasteiger partial charge is 0.190 e. The Labute approximate surface area is 212 Å². The predicted molar refractivity (Wildman–Crippen MR) is 137 cm³/mol. The van der Waals surface area contributed by atoms with Crippen molar-refractivity contribution in [3.05, 3.63) is 47.0 Å². The van der Waals surface area contributed by atoms with E-state index in [2.05, 4.69) is 50.1 Å². The van der Waals surface area contributed by atoms with Crippen LogP contribution in [-0.2, 0) is 24.6 Å². The van der Waals surface area contributed by atoms with E-state index < -0.39 is 0 Å². The third-order valence-electron chi connectivity index (χ3n) is 6.83. The molecule has 1 aromatic carbocycles. The summed E-state index contributed by atoms with van der Waals surface area (Å²) < 4.78 is 12.9. The number of rotatable bonds is 7. The summed E-state index contributed by atoms with van der Waals surface area (Å²) in [4.78, 5) is 2.60. The molecule has 4 heterocycles.